The van der Waals surface area contributed by atoms with E-state index < -0.39 is 0 Å². The van der Waals surface area contributed by atoms with Gasteiger partial charge in [0.1, 0.15) is 0 Å². The van der Waals surface area contributed by atoms with E-state index in [0.29, 0.717) is 51.5 Å². The van der Waals surface area contributed by atoms with Crippen LogP contribution in [-0.4, -0.2) is 56.8 Å². The average Bonchev–Trinajstić information content (AvgIpc) is 2.84. The second kappa shape index (κ2) is 20.3. The fourth-order valence-corrected chi connectivity index (χ4v) is 2.50. The lowest BCUT2D eigenvalue weighted by atomic mass is 9.88. The Bertz CT molecular complexity index is 691. The fourth-order valence-electron chi connectivity index (χ4n) is 2.50. The van der Waals surface area contributed by atoms with E-state index in [1.54, 1.807) is 0 Å². The first-order valence-electron chi connectivity index (χ1n) is 13.0. The zero-order chi connectivity index (χ0) is 26.5. The SMILES string of the molecule is CC/C(C)=N/C=C/COCC(CC)(COC/C=C/N=C(\C)C(C)C)COC/C=C/N=C(\C)C(C)C. The van der Waals surface area contributed by atoms with Crippen LogP contribution in [0.15, 0.2) is 51.8 Å². The number of hydrogen-bond donors (Lipinski definition) is 0. The van der Waals surface area contributed by atoms with Gasteiger partial charge in [-0.25, -0.2) is 0 Å². The largest absolute Gasteiger partial charge is 0.377 e. The molecule has 0 unspecified atom stereocenters. The van der Waals surface area contributed by atoms with E-state index in [1.807, 2.05) is 57.6 Å². The maximum absolute atomic E-state index is 6.00. The predicted octanol–water partition coefficient (Wildman–Crippen LogP) is 7.08. The van der Waals surface area contributed by atoms with Gasteiger partial charge >= 0.3 is 0 Å². The molecular weight excluding hydrogens is 438 g/mol. The Kier molecular flexibility index (Phi) is 19.2. The van der Waals surface area contributed by atoms with Crippen molar-refractivity contribution in [1.82, 2.24) is 0 Å². The highest BCUT2D eigenvalue weighted by Gasteiger charge is 2.29. The van der Waals surface area contributed by atoms with Crippen molar-refractivity contribution >= 4 is 17.1 Å². The summed E-state index contributed by atoms with van der Waals surface area (Å²) in [6, 6.07) is 0. The van der Waals surface area contributed by atoms with E-state index in [2.05, 4.69) is 56.5 Å². The molecule has 0 radical (unpaired) electrons. The lowest BCUT2D eigenvalue weighted by Gasteiger charge is -2.31. The number of aliphatic imine (C=N–C) groups is 3. The minimum absolute atomic E-state index is 0.230. The lowest BCUT2D eigenvalue weighted by molar-refractivity contribution is -0.0588. The van der Waals surface area contributed by atoms with Crippen LogP contribution in [0.2, 0.25) is 0 Å². The molecule has 0 saturated heterocycles. The van der Waals surface area contributed by atoms with Crippen molar-refractivity contribution in [3.8, 4) is 0 Å². The smallest absolute Gasteiger partial charge is 0.0665 e. The first kappa shape index (κ1) is 33.1. The van der Waals surface area contributed by atoms with Crippen molar-refractivity contribution in [2.24, 2.45) is 32.2 Å². The Balaban J connectivity index is 4.92. The molecule has 0 aromatic rings. The van der Waals surface area contributed by atoms with Gasteiger partial charge < -0.3 is 14.2 Å². The van der Waals surface area contributed by atoms with Gasteiger partial charge in [0.05, 0.1) is 39.6 Å². The molecular formula is C29H51N3O3. The van der Waals surface area contributed by atoms with Crippen LogP contribution in [-0.2, 0) is 14.2 Å². The van der Waals surface area contributed by atoms with Crippen LogP contribution in [0.5, 0.6) is 0 Å². The molecule has 0 heterocycles. The monoisotopic (exact) mass is 489 g/mol. The molecule has 0 spiro atoms. The second-order valence-corrected chi connectivity index (χ2v) is 9.62. The van der Waals surface area contributed by atoms with Crippen LogP contribution < -0.4 is 0 Å². The van der Waals surface area contributed by atoms with Gasteiger partial charge in [-0.2, -0.15) is 0 Å². The molecule has 0 aliphatic heterocycles. The van der Waals surface area contributed by atoms with Gasteiger partial charge in [0.15, 0.2) is 0 Å². The molecule has 0 saturated carbocycles. The third-order valence-electron chi connectivity index (χ3n) is 5.97. The van der Waals surface area contributed by atoms with E-state index in [-0.39, 0.29) is 5.41 Å². The van der Waals surface area contributed by atoms with Crippen LogP contribution in [0.4, 0.5) is 0 Å². The van der Waals surface area contributed by atoms with Crippen LogP contribution in [0, 0.1) is 17.3 Å². The van der Waals surface area contributed by atoms with E-state index in [0.717, 1.165) is 30.0 Å². The maximum atomic E-state index is 6.00. The molecule has 0 amide bonds. The van der Waals surface area contributed by atoms with Gasteiger partial charge in [0, 0.05) is 41.1 Å². The van der Waals surface area contributed by atoms with E-state index >= 15 is 0 Å². The van der Waals surface area contributed by atoms with Crippen LogP contribution in [0.3, 0.4) is 0 Å². The molecule has 0 atom stereocenters. The first-order chi connectivity index (χ1) is 16.7. The molecule has 6 nitrogen and oxygen atoms in total. The summed E-state index contributed by atoms with van der Waals surface area (Å²) in [7, 11) is 0. The minimum atomic E-state index is -0.230. The van der Waals surface area contributed by atoms with Crippen LogP contribution in [0.25, 0.3) is 0 Å². The van der Waals surface area contributed by atoms with Crippen molar-refractivity contribution in [3.63, 3.8) is 0 Å². The molecule has 35 heavy (non-hydrogen) atoms. The highest BCUT2D eigenvalue weighted by molar-refractivity contribution is 5.84. The Hall–Kier alpha value is -1.89. The molecule has 0 aliphatic rings. The lowest BCUT2D eigenvalue weighted by Crippen LogP contribution is -2.37. The van der Waals surface area contributed by atoms with Gasteiger partial charge in [-0.15, -0.1) is 0 Å². The van der Waals surface area contributed by atoms with Gasteiger partial charge in [-0.3, -0.25) is 15.0 Å². The summed E-state index contributed by atoms with van der Waals surface area (Å²) >= 11 is 0. The molecule has 200 valence electrons. The standard InChI is InChI=1S/C29H51N3O3/c1-10-26(7)30-15-12-18-33-21-29(11-2,22-34-19-13-16-31-27(8)24(3)4)23-35-20-14-17-32-28(9)25(5)6/h12-17,24-25H,10-11,18-23H2,1-9H3/b15-12+,16-13+,17-14+,30-26+,31-27+,32-28+. The summed E-state index contributed by atoms with van der Waals surface area (Å²) in [5.41, 5.74) is 3.09. The first-order valence-corrected chi connectivity index (χ1v) is 13.0. The molecule has 0 aromatic carbocycles. The highest BCUT2D eigenvalue weighted by Crippen LogP contribution is 2.24. The molecule has 0 N–H and O–H groups in total. The summed E-state index contributed by atoms with van der Waals surface area (Å²) in [5, 5.41) is 0. The fraction of sp³-hybridized carbons (Fsp3) is 0.690. The third kappa shape index (κ3) is 17.2. The quantitative estimate of drug-likeness (QED) is 0.144. The number of rotatable bonds is 19. The van der Waals surface area contributed by atoms with Crippen molar-refractivity contribution in [2.45, 2.75) is 75.2 Å². The van der Waals surface area contributed by atoms with Crippen molar-refractivity contribution < 1.29 is 14.2 Å². The van der Waals surface area contributed by atoms with Crippen molar-refractivity contribution in [2.75, 3.05) is 39.6 Å². The number of nitrogens with zero attached hydrogens (tertiary/aromatic N) is 3. The summed E-state index contributed by atoms with van der Waals surface area (Å²) < 4.78 is 18.0. The Morgan fingerprint density at radius 3 is 1.34 bits per heavy atom. The molecule has 0 bridgehead atoms. The highest BCUT2D eigenvalue weighted by atomic mass is 16.5. The van der Waals surface area contributed by atoms with E-state index in [1.165, 1.54) is 0 Å². The summed E-state index contributed by atoms with van der Waals surface area (Å²) in [6.45, 7) is 22.1. The molecule has 0 rings (SSSR count). The summed E-state index contributed by atoms with van der Waals surface area (Å²) in [4.78, 5) is 13.3. The Morgan fingerprint density at radius 2 is 1.03 bits per heavy atom. The van der Waals surface area contributed by atoms with Gasteiger partial charge in [-0.1, -0.05) is 41.5 Å². The average molecular weight is 490 g/mol. The topological polar surface area (TPSA) is 64.8 Å². The molecule has 0 fully saturated rings. The maximum Gasteiger partial charge on any atom is 0.0665 e. The molecule has 6 heteroatoms. The van der Waals surface area contributed by atoms with Gasteiger partial charge in [-0.05, 0) is 63.7 Å². The van der Waals surface area contributed by atoms with Crippen LogP contribution in [0.1, 0.15) is 75.2 Å². The van der Waals surface area contributed by atoms with E-state index in [9.17, 15) is 0 Å². The van der Waals surface area contributed by atoms with Crippen molar-refractivity contribution in [3.05, 3.63) is 36.8 Å². The van der Waals surface area contributed by atoms with Gasteiger partial charge in [0.25, 0.3) is 0 Å². The summed E-state index contributed by atoms with van der Waals surface area (Å²) in [6.07, 6.45) is 13.1. The number of ether oxygens (including phenoxy) is 3. The minimum Gasteiger partial charge on any atom is -0.377 e. The Labute approximate surface area is 215 Å². The van der Waals surface area contributed by atoms with Crippen LogP contribution >= 0.6 is 0 Å². The zero-order valence-electron chi connectivity index (χ0n) is 23.8. The molecule has 0 aromatic heterocycles. The van der Waals surface area contributed by atoms with E-state index in [4.69, 9.17) is 14.2 Å². The second-order valence-electron chi connectivity index (χ2n) is 9.62. The van der Waals surface area contributed by atoms with Crippen molar-refractivity contribution in [1.29, 1.82) is 0 Å². The summed E-state index contributed by atoms with van der Waals surface area (Å²) in [5.74, 6) is 0.893. The molecule has 0 aliphatic carbocycles. The Morgan fingerprint density at radius 1 is 0.657 bits per heavy atom. The van der Waals surface area contributed by atoms with Gasteiger partial charge in [0.2, 0.25) is 0 Å². The third-order valence-corrected chi connectivity index (χ3v) is 5.97. The number of hydrogen-bond acceptors (Lipinski definition) is 6. The zero-order valence-corrected chi connectivity index (χ0v) is 23.8. The normalized spacial score (nSPS) is 14.7. The predicted molar refractivity (Wildman–Crippen MR) is 152 cm³/mol.